The molecule has 0 atom stereocenters. The minimum Gasteiger partial charge on any atom is -0.486 e. The van der Waals surface area contributed by atoms with Gasteiger partial charge in [-0.2, -0.15) is 0 Å². The second kappa shape index (κ2) is 8.82. The standard InChI is InChI=1S/C24H25N3O5S/c28-24(27-13-9-20(10-14-27)26-11-1-2-12-26)18-3-5-19(6-4-18)25-33(29,30)21-7-8-22-23(17-21)32-16-15-31-22/h1-8,11-12,17,20,25H,9-10,13-16H2. The monoisotopic (exact) mass is 467 g/mol. The molecular formula is C24H25N3O5S. The van der Waals surface area contributed by atoms with E-state index < -0.39 is 10.0 Å². The van der Waals surface area contributed by atoms with Gasteiger partial charge in [-0.3, -0.25) is 9.52 Å². The largest absolute Gasteiger partial charge is 0.486 e. The molecule has 0 bridgehead atoms. The van der Waals surface area contributed by atoms with Crippen molar-refractivity contribution in [3.05, 3.63) is 72.6 Å². The van der Waals surface area contributed by atoms with E-state index in [0.29, 0.717) is 55.1 Å². The number of piperidine rings is 1. The highest BCUT2D eigenvalue weighted by molar-refractivity contribution is 7.92. The minimum atomic E-state index is -3.81. The molecule has 1 aromatic heterocycles. The summed E-state index contributed by atoms with van der Waals surface area (Å²) in [6, 6.07) is 15.5. The molecule has 3 heterocycles. The molecular weight excluding hydrogens is 442 g/mol. The number of benzene rings is 2. The predicted molar refractivity (Wildman–Crippen MR) is 123 cm³/mol. The van der Waals surface area contributed by atoms with Gasteiger partial charge in [0.2, 0.25) is 0 Å². The summed E-state index contributed by atoms with van der Waals surface area (Å²) in [5.41, 5.74) is 0.921. The fourth-order valence-corrected chi connectivity index (χ4v) is 5.30. The number of ether oxygens (including phenoxy) is 2. The van der Waals surface area contributed by atoms with Crippen LogP contribution in [0.4, 0.5) is 5.69 Å². The average Bonchev–Trinajstić information content (AvgIpc) is 3.39. The molecule has 172 valence electrons. The Morgan fingerprint density at radius 2 is 1.58 bits per heavy atom. The Morgan fingerprint density at radius 1 is 0.909 bits per heavy atom. The lowest BCUT2D eigenvalue weighted by Crippen LogP contribution is -2.38. The third-order valence-electron chi connectivity index (χ3n) is 6.01. The Balaban J connectivity index is 1.23. The second-order valence-corrected chi connectivity index (χ2v) is 9.82. The van der Waals surface area contributed by atoms with E-state index in [1.54, 1.807) is 30.3 Å². The van der Waals surface area contributed by atoms with Crippen LogP contribution in [0.25, 0.3) is 0 Å². The molecule has 1 N–H and O–H groups in total. The van der Waals surface area contributed by atoms with E-state index >= 15 is 0 Å². The molecule has 3 aromatic rings. The molecule has 5 rings (SSSR count). The molecule has 1 amide bonds. The summed E-state index contributed by atoms with van der Waals surface area (Å²) >= 11 is 0. The zero-order valence-electron chi connectivity index (χ0n) is 18.0. The van der Waals surface area contributed by atoms with Crippen LogP contribution in [0.2, 0.25) is 0 Å². The summed E-state index contributed by atoms with van der Waals surface area (Å²) in [6.45, 7) is 2.21. The van der Waals surface area contributed by atoms with Crippen LogP contribution in [0, 0.1) is 0 Å². The van der Waals surface area contributed by atoms with Gasteiger partial charge in [0, 0.05) is 48.8 Å². The topological polar surface area (TPSA) is 89.9 Å². The number of nitrogens with one attached hydrogen (secondary N) is 1. The smallest absolute Gasteiger partial charge is 0.262 e. The lowest BCUT2D eigenvalue weighted by molar-refractivity contribution is 0.0694. The number of carbonyl (C=O) groups excluding carboxylic acids is 1. The Labute approximate surface area is 192 Å². The van der Waals surface area contributed by atoms with E-state index in [0.717, 1.165) is 12.8 Å². The number of anilines is 1. The molecule has 1 fully saturated rings. The first kappa shape index (κ1) is 21.4. The molecule has 0 saturated carbocycles. The van der Waals surface area contributed by atoms with Gasteiger partial charge in [0.1, 0.15) is 13.2 Å². The van der Waals surface area contributed by atoms with Gasteiger partial charge in [-0.15, -0.1) is 0 Å². The normalized spacial score (nSPS) is 16.4. The van der Waals surface area contributed by atoms with E-state index in [4.69, 9.17) is 9.47 Å². The molecule has 2 aliphatic rings. The maximum absolute atomic E-state index is 12.9. The van der Waals surface area contributed by atoms with Crippen molar-refractivity contribution in [2.75, 3.05) is 31.0 Å². The number of amides is 1. The number of rotatable bonds is 5. The molecule has 0 unspecified atom stereocenters. The minimum absolute atomic E-state index is 0.0396. The molecule has 33 heavy (non-hydrogen) atoms. The fourth-order valence-electron chi connectivity index (χ4n) is 4.23. The Hall–Kier alpha value is -3.46. The number of aromatic nitrogens is 1. The fraction of sp³-hybridized carbons (Fsp3) is 0.292. The zero-order chi connectivity index (χ0) is 22.8. The van der Waals surface area contributed by atoms with Gasteiger partial charge in [0.25, 0.3) is 15.9 Å². The molecule has 0 aliphatic carbocycles. The van der Waals surface area contributed by atoms with Crippen molar-refractivity contribution < 1.29 is 22.7 Å². The Bertz CT molecular complexity index is 1230. The third kappa shape index (κ3) is 4.54. The van der Waals surface area contributed by atoms with E-state index in [1.807, 2.05) is 17.0 Å². The SMILES string of the molecule is O=C(c1ccc(NS(=O)(=O)c2ccc3c(c2)OCCO3)cc1)N1CCC(n2cccc2)CC1. The summed E-state index contributed by atoms with van der Waals surface area (Å²) in [4.78, 5) is 14.8. The van der Waals surface area contributed by atoms with Crippen LogP contribution in [0.5, 0.6) is 11.5 Å². The molecule has 2 aromatic carbocycles. The summed E-state index contributed by atoms with van der Waals surface area (Å²) < 4.78 is 41.3. The van der Waals surface area contributed by atoms with Crippen LogP contribution in [0.15, 0.2) is 71.9 Å². The van der Waals surface area contributed by atoms with Crippen LogP contribution in [-0.2, 0) is 10.0 Å². The molecule has 8 nitrogen and oxygen atoms in total. The van der Waals surface area contributed by atoms with Crippen LogP contribution >= 0.6 is 0 Å². The summed E-state index contributed by atoms with van der Waals surface area (Å²) in [7, 11) is -3.81. The van der Waals surface area contributed by atoms with Gasteiger partial charge < -0.3 is 18.9 Å². The number of hydrogen-bond donors (Lipinski definition) is 1. The molecule has 0 spiro atoms. The first-order valence-electron chi connectivity index (χ1n) is 10.9. The van der Waals surface area contributed by atoms with E-state index in [9.17, 15) is 13.2 Å². The zero-order valence-corrected chi connectivity index (χ0v) is 18.8. The summed E-state index contributed by atoms with van der Waals surface area (Å²) in [6.07, 6.45) is 5.95. The van der Waals surface area contributed by atoms with Gasteiger partial charge in [-0.05, 0) is 61.4 Å². The van der Waals surface area contributed by atoms with Crippen molar-refractivity contribution in [3.63, 3.8) is 0 Å². The van der Waals surface area contributed by atoms with E-state index in [2.05, 4.69) is 21.7 Å². The highest BCUT2D eigenvalue weighted by Gasteiger charge is 2.24. The lowest BCUT2D eigenvalue weighted by atomic mass is 10.0. The summed E-state index contributed by atoms with van der Waals surface area (Å²) in [5.74, 6) is 0.897. The van der Waals surface area contributed by atoms with Crippen molar-refractivity contribution in [2.24, 2.45) is 0 Å². The number of likely N-dealkylation sites (tertiary alicyclic amines) is 1. The quantitative estimate of drug-likeness (QED) is 0.620. The van der Waals surface area contributed by atoms with Gasteiger partial charge in [0.15, 0.2) is 11.5 Å². The second-order valence-electron chi connectivity index (χ2n) is 8.14. The molecule has 9 heteroatoms. The van der Waals surface area contributed by atoms with Crippen LogP contribution in [-0.4, -0.2) is 50.1 Å². The van der Waals surface area contributed by atoms with Crippen molar-refractivity contribution in [3.8, 4) is 11.5 Å². The van der Waals surface area contributed by atoms with Crippen molar-refractivity contribution in [1.82, 2.24) is 9.47 Å². The van der Waals surface area contributed by atoms with Crippen LogP contribution < -0.4 is 14.2 Å². The van der Waals surface area contributed by atoms with Crippen LogP contribution in [0.1, 0.15) is 29.2 Å². The van der Waals surface area contributed by atoms with E-state index in [1.165, 1.54) is 12.1 Å². The highest BCUT2D eigenvalue weighted by atomic mass is 32.2. The molecule has 2 aliphatic heterocycles. The first-order valence-corrected chi connectivity index (χ1v) is 12.4. The van der Waals surface area contributed by atoms with Crippen molar-refractivity contribution in [1.29, 1.82) is 0 Å². The van der Waals surface area contributed by atoms with Crippen LogP contribution in [0.3, 0.4) is 0 Å². The molecule has 1 saturated heterocycles. The van der Waals surface area contributed by atoms with Gasteiger partial charge in [0.05, 0.1) is 4.90 Å². The highest BCUT2D eigenvalue weighted by Crippen LogP contribution is 2.33. The maximum Gasteiger partial charge on any atom is 0.262 e. The lowest BCUT2D eigenvalue weighted by Gasteiger charge is -2.32. The first-order chi connectivity index (χ1) is 16.0. The van der Waals surface area contributed by atoms with E-state index in [-0.39, 0.29) is 10.8 Å². The Kier molecular flexibility index (Phi) is 5.72. The number of sulfonamides is 1. The Morgan fingerprint density at radius 3 is 2.27 bits per heavy atom. The number of hydrogen-bond acceptors (Lipinski definition) is 5. The average molecular weight is 468 g/mol. The third-order valence-corrected chi connectivity index (χ3v) is 7.39. The number of carbonyl (C=O) groups is 1. The molecule has 0 radical (unpaired) electrons. The van der Waals surface area contributed by atoms with Gasteiger partial charge >= 0.3 is 0 Å². The predicted octanol–water partition coefficient (Wildman–Crippen LogP) is 3.54. The number of nitrogens with zero attached hydrogens (tertiary/aromatic N) is 2. The van der Waals surface area contributed by atoms with Crippen molar-refractivity contribution in [2.45, 2.75) is 23.8 Å². The number of fused-ring (bicyclic) bond motifs is 1. The van der Waals surface area contributed by atoms with Gasteiger partial charge in [-0.25, -0.2) is 8.42 Å². The maximum atomic E-state index is 12.9. The van der Waals surface area contributed by atoms with Gasteiger partial charge in [-0.1, -0.05) is 0 Å². The van der Waals surface area contributed by atoms with Crippen molar-refractivity contribution >= 4 is 21.6 Å². The summed E-state index contributed by atoms with van der Waals surface area (Å²) in [5, 5.41) is 0.